The van der Waals surface area contributed by atoms with E-state index in [1.165, 1.54) is 0 Å². The molecule has 0 aromatic rings. The first-order valence-corrected chi connectivity index (χ1v) is 3.17. The summed E-state index contributed by atoms with van der Waals surface area (Å²) in [7, 11) is 0. The molecule has 1 unspecified atom stereocenters. The Balaban J connectivity index is 0.000000810. The first kappa shape index (κ1) is 9.82. The molecule has 10 heavy (non-hydrogen) atoms. The zero-order valence-corrected chi connectivity index (χ0v) is 6.67. The van der Waals surface area contributed by atoms with Crippen LogP contribution in [0.25, 0.3) is 0 Å². The number of rotatable bonds is 1. The maximum absolute atomic E-state index is 5.43. The van der Waals surface area contributed by atoms with E-state index in [2.05, 4.69) is 19.1 Å². The Morgan fingerprint density at radius 1 is 1.50 bits per heavy atom. The Hall–Kier alpha value is -0.183. The molecule has 0 fully saturated rings. The van der Waals surface area contributed by atoms with Crippen LogP contribution >= 0.6 is 0 Å². The Labute approximate surface area is 74.9 Å². The van der Waals surface area contributed by atoms with E-state index < -0.39 is 0 Å². The van der Waals surface area contributed by atoms with Crippen molar-refractivity contribution in [3.8, 4) is 0 Å². The van der Waals surface area contributed by atoms with Gasteiger partial charge in [0.2, 0.25) is 0 Å². The average molecular weight is 126 g/mol. The van der Waals surface area contributed by atoms with Gasteiger partial charge in [-0.25, -0.2) is 0 Å². The van der Waals surface area contributed by atoms with E-state index in [9.17, 15) is 0 Å². The molecule has 0 spiro atoms. The molecular weight excluding hydrogens is 115 g/mol. The van der Waals surface area contributed by atoms with Crippen LogP contribution in [0.1, 0.15) is 13.3 Å². The third kappa shape index (κ3) is 2.21. The molecule has 0 radical (unpaired) electrons. The molecule has 0 aromatic carbocycles. The number of hydrogen-bond acceptors (Lipinski definition) is 0. The summed E-state index contributed by atoms with van der Waals surface area (Å²) >= 11 is 0. The molecule has 0 saturated carbocycles. The Bertz CT molecular complexity index is 168. The maximum atomic E-state index is 5.43. The molecular formula is C9H11Li. The van der Waals surface area contributed by atoms with Gasteiger partial charge in [-0.1, -0.05) is 31.2 Å². The second-order valence-corrected chi connectivity index (χ2v) is 2.66. The van der Waals surface area contributed by atoms with Crippen LogP contribution in [-0.2, 0) is 0 Å². The predicted octanol–water partition coefficient (Wildman–Crippen LogP) is -0.498. The van der Waals surface area contributed by atoms with Crippen LogP contribution in [0.2, 0.25) is 0 Å². The second kappa shape index (κ2) is 3.86. The minimum atomic E-state index is 0. The van der Waals surface area contributed by atoms with E-state index in [4.69, 9.17) is 6.58 Å². The van der Waals surface area contributed by atoms with Crippen molar-refractivity contribution in [3.05, 3.63) is 37.0 Å². The van der Waals surface area contributed by atoms with Crippen LogP contribution in [0.4, 0.5) is 0 Å². The fraction of sp³-hybridized carbons (Fsp3) is 0.333. The molecule has 0 nitrogen and oxygen atoms in total. The molecule has 0 aromatic heterocycles. The van der Waals surface area contributed by atoms with Gasteiger partial charge in [-0.05, 0) is 11.8 Å². The third-order valence-electron chi connectivity index (χ3n) is 1.66. The second-order valence-electron chi connectivity index (χ2n) is 2.66. The smallest absolute Gasteiger partial charge is 0.517 e. The van der Waals surface area contributed by atoms with Gasteiger partial charge in [0.15, 0.2) is 0 Å². The SMILES string of the molecule is [CH-]=CC1(C)C=CC=CC1.[Li+]. The van der Waals surface area contributed by atoms with Gasteiger partial charge in [0, 0.05) is 0 Å². The fourth-order valence-electron chi connectivity index (χ4n) is 0.868. The largest absolute Gasteiger partial charge is 1.00 e. The van der Waals surface area contributed by atoms with Crippen LogP contribution in [-0.4, -0.2) is 0 Å². The summed E-state index contributed by atoms with van der Waals surface area (Å²) in [6.45, 7) is 7.55. The molecule has 1 aliphatic rings. The molecule has 48 valence electrons. The van der Waals surface area contributed by atoms with Crippen LogP contribution in [0, 0.1) is 12.0 Å². The summed E-state index contributed by atoms with van der Waals surface area (Å²) in [6.07, 6.45) is 11.1. The van der Waals surface area contributed by atoms with Crippen LogP contribution in [0.3, 0.4) is 0 Å². The van der Waals surface area contributed by atoms with Gasteiger partial charge in [0.25, 0.3) is 0 Å². The summed E-state index contributed by atoms with van der Waals surface area (Å²) in [5, 5.41) is 0. The average Bonchev–Trinajstić information content (AvgIpc) is 1.90. The van der Waals surface area contributed by atoms with Gasteiger partial charge in [0.05, 0.1) is 0 Å². The first-order valence-electron chi connectivity index (χ1n) is 3.17. The monoisotopic (exact) mass is 126 g/mol. The van der Waals surface area contributed by atoms with Crippen molar-refractivity contribution < 1.29 is 18.9 Å². The standard InChI is InChI=1S/C9H11.Li/c1-3-9(2)7-5-4-6-8-9;/h1,3-7H,8H2,2H3;/q-1;+1. The topological polar surface area (TPSA) is 0 Å². The van der Waals surface area contributed by atoms with Gasteiger partial charge in [-0.2, -0.15) is 0 Å². The number of allylic oxidation sites excluding steroid dienone is 5. The van der Waals surface area contributed by atoms with Crippen LogP contribution in [0.15, 0.2) is 30.4 Å². The summed E-state index contributed by atoms with van der Waals surface area (Å²) < 4.78 is 0. The van der Waals surface area contributed by atoms with E-state index in [1.807, 2.05) is 12.2 Å². The molecule has 0 N–H and O–H groups in total. The number of hydrogen-bond donors (Lipinski definition) is 0. The van der Waals surface area contributed by atoms with E-state index in [1.54, 1.807) is 6.08 Å². The minimum absolute atomic E-state index is 0. The zero-order chi connectivity index (χ0) is 6.74. The summed E-state index contributed by atoms with van der Waals surface area (Å²) in [6, 6.07) is 0. The van der Waals surface area contributed by atoms with Crippen molar-refractivity contribution in [2.75, 3.05) is 0 Å². The molecule has 0 bridgehead atoms. The van der Waals surface area contributed by atoms with E-state index in [-0.39, 0.29) is 24.3 Å². The normalized spacial score (nSPS) is 29.3. The minimum Gasteiger partial charge on any atom is -0.517 e. The molecule has 1 atom stereocenters. The molecule has 0 aliphatic heterocycles. The van der Waals surface area contributed by atoms with Crippen molar-refractivity contribution in [3.63, 3.8) is 0 Å². The molecule has 0 saturated heterocycles. The Morgan fingerprint density at radius 3 is 2.50 bits per heavy atom. The van der Waals surface area contributed by atoms with Crippen molar-refractivity contribution in [2.24, 2.45) is 5.41 Å². The third-order valence-corrected chi connectivity index (χ3v) is 1.66. The fourth-order valence-corrected chi connectivity index (χ4v) is 0.868. The van der Waals surface area contributed by atoms with Crippen molar-refractivity contribution in [1.29, 1.82) is 0 Å². The predicted molar refractivity (Wildman–Crippen MR) is 39.9 cm³/mol. The van der Waals surface area contributed by atoms with Gasteiger partial charge in [-0.15, -0.1) is 0 Å². The van der Waals surface area contributed by atoms with Gasteiger partial charge in [0.1, 0.15) is 0 Å². The van der Waals surface area contributed by atoms with Crippen LogP contribution in [0.5, 0.6) is 0 Å². The van der Waals surface area contributed by atoms with Crippen molar-refractivity contribution in [2.45, 2.75) is 13.3 Å². The quantitative estimate of drug-likeness (QED) is 0.328. The molecule has 0 amide bonds. The Morgan fingerprint density at radius 2 is 2.20 bits per heavy atom. The zero-order valence-electron chi connectivity index (χ0n) is 6.67. The molecule has 0 heterocycles. The first-order chi connectivity index (χ1) is 4.27. The maximum Gasteiger partial charge on any atom is 1.00 e. The van der Waals surface area contributed by atoms with Crippen molar-refractivity contribution >= 4 is 0 Å². The van der Waals surface area contributed by atoms with E-state index in [0.717, 1.165) is 6.42 Å². The van der Waals surface area contributed by atoms with E-state index >= 15 is 0 Å². The molecule has 1 rings (SSSR count). The van der Waals surface area contributed by atoms with Gasteiger partial charge in [-0.3, -0.25) is 6.08 Å². The summed E-state index contributed by atoms with van der Waals surface area (Å²) in [4.78, 5) is 0. The van der Waals surface area contributed by atoms with E-state index in [0.29, 0.717) is 0 Å². The summed E-state index contributed by atoms with van der Waals surface area (Å²) in [5.74, 6) is 0. The molecule has 1 aliphatic carbocycles. The van der Waals surface area contributed by atoms with Crippen LogP contribution < -0.4 is 18.9 Å². The van der Waals surface area contributed by atoms with Gasteiger partial charge >= 0.3 is 18.9 Å². The molecule has 1 heteroatoms. The van der Waals surface area contributed by atoms with Crippen molar-refractivity contribution in [1.82, 2.24) is 0 Å². The summed E-state index contributed by atoms with van der Waals surface area (Å²) in [5.41, 5.74) is 0.106. The van der Waals surface area contributed by atoms with Gasteiger partial charge < -0.3 is 6.58 Å². The Kier molecular flexibility index (Phi) is 3.79.